The first-order valence-electron chi connectivity index (χ1n) is 8.00. The molecule has 0 aliphatic carbocycles. The van der Waals surface area contributed by atoms with E-state index in [-0.39, 0.29) is 0 Å². The van der Waals surface area contributed by atoms with Gasteiger partial charge >= 0.3 is 0 Å². The van der Waals surface area contributed by atoms with Crippen molar-refractivity contribution in [1.82, 2.24) is 10.6 Å². The molecule has 1 rings (SSSR count). The van der Waals surface area contributed by atoms with Gasteiger partial charge in [0.2, 0.25) is 0 Å². The highest BCUT2D eigenvalue weighted by Crippen LogP contribution is 2.11. The van der Waals surface area contributed by atoms with Crippen LogP contribution in [0.5, 0.6) is 0 Å². The van der Waals surface area contributed by atoms with Crippen molar-refractivity contribution in [3.8, 4) is 0 Å². The van der Waals surface area contributed by atoms with E-state index in [4.69, 9.17) is 9.47 Å². The van der Waals surface area contributed by atoms with Crippen LogP contribution in [0.4, 0.5) is 0 Å². The quantitative estimate of drug-likeness (QED) is 0.366. The summed E-state index contributed by atoms with van der Waals surface area (Å²) >= 11 is 0. The lowest BCUT2D eigenvalue weighted by atomic mass is 10.2. The van der Waals surface area contributed by atoms with Crippen LogP contribution in [0, 0.1) is 0 Å². The van der Waals surface area contributed by atoms with Crippen LogP contribution in [-0.4, -0.2) is 52.0 Å². The Balaban J connectivity index is 1.92. The third-order valence-corrected chi connectivity index (χ3v) is 3.41. The summed E-state index contributed by atoms with van der Waals surface area (Å²) in [4.78, 5) is 4.20. The predicted octanol–water partition coefficient (Wildman–Crippen LogP) is 1.93. The SMILES string of the molecule is CCCCCCNC(=NC)NCCOCC1CCCO1. The number of ether oxygens (including phenoxy) is 2. The number of unbranched alkanes of at least 4 members (excludes halogenated alkanes) is 3. The summed E-state index contributed by atoms with van der Waals surface area (Å²) in [5.41, 5.74) is 0. The molecule has 118 valence electrons. The Morgan fingerprint density at radius 2 is 2.10 bits per heavy atom. The molecule has 0 aromatic rings. The highest BCUT2D eigenvalue weighted by atomic mass is 16.5. The fourth-order valence-electron chi connectivity index (χ4n) is 2.21. The highest BCUT2D eigenvalue weighted by Gasteiger charge is 2.14. The van der Waals surface area contributed by atoms with Crippen LogP contribution in [0.15, 0.2) is 4.99 Å². The monoisotopic (exact) mass is 285 g/mol. The molecule has 1 saturated heterocycles. The summed E-state index contributed by atoms with van der Waals surface area (Å²) in [5.74, 6) is 0.863. The minimum atomic E-state index is 0.311. The van der Waals surface area contributed by atoms with E-state index >= 15 is 0 Å². The molecule has 0 amide bonds. The fraction of sp³-hybridized carbons (Fsp3) is 0.933. The Bertz CT molecular complexity index is 254. The van der Waals surface area contributed by atoms with Crippen LogP contribution in [0.3, 0.4) is 0 Å². The van der Waals surface area contributed by atoms with Crippen LogP contribution in [0.1, 0.15) is 45.4 Å². The number of nitrogens with zero attached hydrogens (tertiary/aromatic N) is 1. The highest BCUT2D eigenvalue weighted by molar-refractivity contribution is 5.79. The standard InChI is InChI=1S/C15H31N3O2/c1-3-4-5-6-9-17-15(16-2)18-10-12-19-13-14-8-7-11-20-14/h14H,3-13H2,1-2H3,(H2,16,17,18). The van der Waals surface area contributed by atoms with E-state index in [9.17, 15) is 0 Å². The third-order valence-electron chi connectivity index (χ3n) is 3.41. The summed E-state index contributed by atoms with van der Waals surface area (Å²) in [6, 6.07) is 0. The van der Waals surface area contributed by atoms with E-state index < -0.39 is 0 Å². The van der Waals surface area contributed by atoms with Gasteiger partial charge in [-0.1, -0.05) is 26.2 Å². The van der Waals surface area contributed by atoms with Crippen molar-refractivity contribution in [3.63, 3.8) is 0 Å². The van der Waals surface area contributed by atoms with Crippen LogP contribution >= 0.6 is 0 Å². The van der Waals surface area contributed by atoms with Gasteiger partial charge in [0.15, 0.2) is 5.96 Å². The molecule has 0 aromatic heterocycles. The Hall–Kier alpha value is -0.810. The second kappa shape index (κ2) is 12.0. The molecule has 0 bridgehead atoms. The average molecular weight is 285 g/mol. The van der Waals surface area contributed by atoms with Gasteiger partial charge in [0.05, 0.1) is 19.3 Å². The lowest BCUT2D eigenvalue weighted by Gasteiger charge is -2.13. The summed E-state index contributed by atoms with van der Waals surface area (Å²) in [6.07, 6.45) is 7.68. The van der Waals surface area contributed by atoms with E-state index in [1.165, 1.54) is 32.1 Å². The van der Waals surface area contributed by atoms with Gasteiger partial charge in [-0.15, -0.1) is 0 Å². The van der Waals surface area contributed by atoms with Crippen molar-refractivity contribution in [2.75, 3.05) is 40.0 Å². The first-order valence-corrected chi connectivity index (χ1v) is 8.00. The van der Waals surface area contributed by atoms with Crippen molar-refractivity contribution in [1.29, 1.82) is 0 Å². The van der Waals surface area contributed by atoms with Gasteiger partial charge in [0.1, 0.15) is 0 Å². The van der Waals surface area contributed by atoms with Gasteiger partial charge in [-0.25, -0.2) is 0 Å². The Kier molecular flexibility index (Phi) is 10.3. The molecule has 0 saturated carbocycles. The third kappa shape index (κ3) is 8.38. The van der Waals surface area contributed by atoms with E-state index in [2.05, 4.69) is 22.5 Å². The zero-order valence-corrected chi connectivity index (χ0v) is 13.1. The van der Waals surface area contributed by atoms with Gasteiger partial charge in [0, 0.05) is 26.7 Å². The molecule has 1 aliphatic heterocycles. The van der Waals surface area contributed by atoms with Crippen molar-refractivity contribution in [2.24, 2.45) is 4.99 Å². The van der Waals surface area contributed by atoms with Crippen LogP contribution in [0.25, 0.3) is 0 Å². The number of rotatable bonds is 10. The smallest absolute Gasteiger partial charge is 0.191 e. The molecule has 1 aliphatic rings. The van der Waals surface area contributed by atoms with Gasteiger partial charge in [0.25, 0.3) is 0 Å². The number of aliphatic imine (C=N–C) groups is 1. The first-order chi connectivity index (χ1) is 9.86. The molecule has 0 radical (unpaired) electrons. The minimum Gasteiger partial charge on any atom is -0.377 e. The topological polar surface area (TPSA) is 54.9 Å². The molecule has 1 atom stereocenters. The molecule has 1 fully saturated rings. The van der Waals surface area contributed by atoms with Gasteiger partial charge in [-0.2, -0.15) is 0 Å². The maximum atomic E-state index is 5.60. The fourth-order valence-corrected chi connectivity index (χ4v) is 2.21. The van der Waals surface area contributed by atoms with E-state index in [1.54, 1.807) is 7.05 Å². The summed E-state index contributed by atoms with van der Waals surface area (Å²) in [7, 11) is 1.80. The summed E-state index contributed by atoms with van der Waals surface area (Å²) in [5, 5.41) is 6.58. The molecule has 1 unspecified atom stereocenters. The first kappa shape index (κ1) is 17.2. The zero-order valence-electron chi connectivity index (χ0n) is 13.1. The number of hydrogen-bond acceptors (Lipinski definition) is 3. The van der Waals surface area contributed by atoms with Gasteiger partial charge < -0.3 is 20.1 Å². The zero-order chi connectivity index (χ0) is 14.5. The predicted molar refractivity (Wildman–Crippen MR) is 83.3 cm³/mol. The second-order valence-electron chi connectivity index (χ2n) is 5.20. The largest absolute Gasteiger partial charge is 0.377 e. The summed E-state index contributed by atoms with van der Waals surface area (Å²) < 4.78 is 11.1. The van der Waals surface area contributed by atoms with Crippen LogP contribution in [0.2, 0.25) is 0 Å². The van der Waals surface area contributed by atoms with Crippen molar-refractivity contribution in [2.45, 2.75) is 51.6 Å². The maximum Gasteiger partial charge on any atom is 0.191 e. The maximum absolute atomic E-state index is 5.60. The Morgan fingerprint density at radius 3 is 2.80 bits per heavy atom. The lowest BCUT2D eigenvalue weighted by Crippen LogP contribution is -2.39. The van der Waals surface area contributed by atoms with Gasteiger partial charge in [-0.3, -0.25) is 4.99 Å². The molecular weight excluding hydrogens is 254 g/mol. The average Bonchev–Trinajstić information content (AvgIpc) is 2.97. The van der Waals surface area contributed by atoms with Crippen molar-refractivity contribution < 1.29 is 9.47 Å². The van der Waals surface area contributed by atoms with Crippen LogP contribution < -0.4 is 10.6 Å². The molecule has 0 aromatic carbocycles. The minimum absolute atomic E-state index is 0.311. The Labute approximate surface area is 123 Å². The number of nitrogens with one attached hydrogen (secondary N) is 2. The molecule has 5 nitrogen and oxygen atoms in total. The number of hydrogen-bond donors (Lipinski definition) is 2. The molecule has 2 N–H and O–H groups in total. The molecule has 0 spiro atoms. The van der Waals surface area contributed by atoms with Crippen LogP contribution in [-0.2, 0) is 9.47 Å². The van der Waals surface area contributed by atoms with E-state index in [0.717, 1.165) is 32.1 Å². The van der Waals surface area contributed by atoms with Crippen molar-refractivity contribution in [3.05, 3.63) is 0 Å². The van der Waals surface area contributed by atoms with Gasteiger partial charge in [-0.05, 0) is 19.3 Å². The summed E-state index contributed by atoms with van der Waals surface area (Å²) in [6.45, 7) is 6.28. The van der Waals surface area contributed by atoms with E-state index in [1.807, 2.05) is 0 Å². The lowest BCUT2D eigenvalue weighted by molar-refractivity contribution is 0.0191. The number of guanidine groups is 1. The molecule has 20 heavy (non-hydrogen) atoms. The molecule has 5 heteroatoms. The Morgan fingerprint density at radius 1 is 1.25 bits per heavy atom. The second-order valence-corrected chi connectivity index (χ2v) is 5.20. The molecule has 1 heterocycles. The normalized spacial score (nSPS) is 19.3. The van der Waals surface area contributed by atoms with E-state index in [0.29, 0.717) is 19.3 Å². The molecular formula is C15H31N3O2. The van der Waals surface area contributed by atoms with Crippen molar-refractivity contribution >= 4 is 5.96 Å².